The van der Waals surface area contributed by atoms with E-state index in [0.717, 1.165) is 16.4 Å². The van der Waals surface area contributed by atoms with Crippen LogP contribution in [0, 0.1) is 5.82 Å². The van der Waals surface area contributed by atoms with Gasteiger partial charge in [0, 0.05) is 0 Å². The number of halogens is 3. The average Bonchev–Trinajstić information content (AvgIpc) is 2.76. The van der Waals surface area contributed by atoms with E-state index in [1.165, 1.54) is 49.6 Å². The number of ether oxygens (including phenoxy) is 1. The van der Waals surface area contributed by atoms with Gasteiger partial charge in [-0.3, -0.25) is 9.10 Å². The molecule has 3 aromatic rings. The molecule has 0 aliphatic rings. The molecule has 10 heteroatoms. The molecule has 0 aromatic heterocycles. The van der Waals surface area contributed by atoms with Gasteiger partial charge in [-0.15, -0.1) is 0 Å². The Morgan fingerprint density at radius 3 is 2.29 bits per heavy atom. The second-order valence-electron chi connectivity index (χ2n) is 6.31. The van der Waals surface area contributed by atoms with E-state index >= 15 is 0 Å². The third-order valence-corrected chi connectivity index (χ3v) is 6.88. The van der Waals surface area contributed by atoms with E-state index in [1.807, 2.05) is 0 Å². The van der Waals surface area contributed by atoms with Crippen molar-refractivity contribution in [3.8, 4) is 5.75 Å². The summed E-state index contributed by atoms with van der Waals surface area (Å²) in [5.41, 5.74) is 0.352. The van der Waals surface area contributed by atoms with Crippen molar-refractivity contribution in [1.29, 1.82) is 0 Å². The third kappa shape index (κ3) is 5.28. The Kier molecular flexibility index (Phi) is 7.04. The van der Waals surface area contributed by atoms with Crippen molar-refractivity contribution >= 4 is 50.5 Å². The molecule has 0 radical (unpaired) electrons. The summed E-state index contributed by atoms with van der Waals surface area (Å²) in [5, 5.41) is 2.91. The van der Waals surface area contributed by atoms with E-state index in [1.54, 1.807) is 12.1 Å². The first-order chi connectivity index (χ1) is 14.7. The van der Waals surface area contributed by atoms with Crippen LogP contribution in [-0.2, 0) is 14.8 Å². The van der Waals surface area contributed by atoms with Crippen LogP contribution in [0.3, 0.4) is 0 Å². The van der Waals surface area contributed by atoms with Crippen LogP contribution in [0.1, 0.15) is 0 Å². The van der Waals surface area contributed by atoms with Crippen molar-refractivity contribution in [1.82, 2.24) is 0 Å². The number of benzene rings is 3. The Bertz CT molecular complexity index is 1190. The molecule has 162 valence electrons. The van der Waals surface area contributed by atoms with Gasteiger partial charge in [0.2, 0.25) is 5.91 Å². The number of amides is 1. The van der Waals surface area contributed by atoms with Gasteiger partial charge in [-0.1, -0.05) is 29.3 Å². The fourth-order valence-corrected chi connectivity index (χ4v) is 4.49. The number of nitrogens with one attached hydrogen (secondary N) is 1. The molecule has 0 saturated heterocycles. The molecule has 6 nitrogen and oxygen atoms in total. The van der Waals surface area contributed by atoms with E-state index in [2.05, 4.69) is 5.32 Å². The number of carbonyl (C=O) groups excluding carboxylic acids is 1. The number of hydrogen-bond acceptors (Lipinski definition) is 4. The lowest BCUT2D eigenvalue weighted by Gasteiger charge is -2.24. The molecule has 3 rings (SSSR count). The average molecular weight is 483 g/mol. The van der Waals surface area contributed by atoms with Gasteiger partial charge in [0.15, 0.2) is 0 Å². The van der Waals surface area contributed by atoms with E-state index in [-0.39, 0.29) is 26.3 Å². The van der Waals surface area contributed by atoms with E-state index in [4.69, 9.17) is 27.9 Å². The maximum atomic E-state index is 13.4. The summed E-state index contributed by atoms with van der Waals surface area (Å²) in [4.78, 5) is 12.6. The van der Waals surface area contributed by atoms with Crippen LogP contribution in [0.25, 0.3) is 0 Å². The summed E-state index contributed by atoms with van der Waals surface area (Å²) in [6.07, 6.45) is 0. The van der Waals surface area contributed by atoms with Crippen molar-refractivity contribution in [2.45, 2.75) is 4.90 Å². The Balaban J connectivity index is 1.95. The van der Waals surface area contributed by atoms with Crippen molar-refractivity contribution in [3.63, 3.8) is 0 Å². The summed E-state index contributed by atoms with van der Waals surface area (Å²) in [5.74, 6) is -0.730. The smallest absolute Gasteiger partial charge is 0.264 e. The van der Waals surface area contributed by atoms with Crippen LogP contribution >= 0.6 is 23.2 Å². The van der Waals surface area contributed by atoms with Crippen LogP contribution < -0.4 is 14.4 Å². The molecule has 0 unspecified atom stereocenters. The molecular formula is C21H17Cl2FN2O4S. The van der Waals surface area contributed by atoms with Gasteiger partial charge in [-0.05, 0) is 60.7 Å². The number of hydrogen-bond donors (Lipinski definition) is 1. The minimum Gasteiger partial charge on any atom is -0.497 e. The molecule has 0 aliphatic carbocycles. The van der Waals surface area contributed by atoms with Crippen molar-refractivity contribution in [3.05, 3.63) is 82.6 Å². The van der Waals surface area contributed by atoms with Gasteiger partial charge in [-0.2, -0.15) is 0 Å². The van der Waals surface area contributed by atoms with E-state index in [9.17, 15) is 17.6 Å². The topological polar surface area (TPSA) is 75.7 Å². The van der Waals surface area contributed by atoms with Crippen LogP contribution in [0.2, 0.25) is 10.0 Å². The first-order valence-electron chi connectivity index (χ1n) is 8.88. The second kappa shape index (κ2) is 9.55. The van der Waals surface area contributed by atoms with Gasteiger partial charge in [-0.25, -0.2) is 12.8 Å². The zero-order valence-corrected chi connectivity index (χ0v) is 18.5. The number of carbonyl (C=O) groups is 1. The van der Waals surface area contributed by atoms with Crippen LogP contribution in [0.15, 0.2) is 71.6 Å². The number of anilines is 2. The summed E-state index contributed by atoms with van der Waals surface area (Å²) in [6, 6.07) is 15.1. The number of rotatable bonds is 7. The maximum Gasteiger partial charge on any atom is 0.264 e. The summed E-state index contributed by atoms with van der Waals surface area (Å²) >= 11 is 12.0. The SMILES string of the molecule is COc1ccc(S(=O)(=O)N(CC(=O)Nc2cccc(Cl)c2Cl)c2ccc(F)cc2)cc1. The molecule has 1 amide bonds. The number of nitrogens with zero attached hydrogens (tertiary/aromatic N) is 1. The zero-order chi connectivity index (χ0) is 22.6. The molecule has 0 saturated carbocycles. The van der Waals surface area contributed by atoms with Gasteiger partial charge in [0.05, 0.1) is 33.4 Å². The minimum atomic E-state index is -4.16. The Hall–Kier alpha value is -2.81. The lowest BCUT2D eigenvalue weighted by atomic mass is 10.3. The molecular weight excluding hydrogens is 466 g/mol. The summed E-state index contributed by atoms with van der Waals surface area (Å²) in [7, 11) is -2.70. The molecule has 3 aromatic carbocycles. The number of sulfonamides is 1. The minimum absolute atomic E-state index is 0.0637. The largest absolute Gasteiger partial charge is 0.497 e. The first kappa shape index (κ1) is 22.9. The van der Waals surface area contributed by atoms with Crippen molar-refractivity contribution in [2.24, 2.45) is 0 Å². The highest BCUT2D eigenvalue weighted by Crippen LogP contribution is 2.30. The highest BCUT2D eigenvalue weighted by Gasteiger charge is 2.27. The fourth-order valence-electron chi connectivity index (χ4n) is 2.72. The Labute approximate surface area is 189 Å². The van der Waals surface area contributed by atoms with Gasteiger partial charge < -0.3 is 10.1 Å². The normalized spacial score (nSPS) is 11.1. The molecule has 0 bridgehead atoms. The van der Waals surface area contributed by atoms with Crippen molar-refractivity contribution in [2.75, 3.05) is 23.3 Å². The molecule has 0 heterocycles. The standard InChI is InChI=1S/C21H17Cl2FN2O4S/c1-30-16-9-11-17(12-10-16)31(28,29)26(15-7-5-14(24)6-8-15)13-20(27)25-19-4-2-3-18(22)21(19)23/h2-12H,13H2,1H3,(H,25,27). The lowest BCUT2D eigenvalue weighted by Crippen LogP contribution is -2.38. The van der Waals surface area contributed by atoms with Crippen LogP contribution in [0.4, 0.5) is 15.8 Å². The molecule has 0 spiro atoms. The highest BCUT2D eigenvalue weighted by atomic mass is 35.5. The molecule has 1 N–H and O–H groups in total. The quantitative estimate of drug-likeness (QED) is 0.515. The Morgan fingerprint density at radius 2 is 1.68 bits per heavy atom. The predicted octanol–water partition coefficient (Wildman–Crippen LogP) is 4.98. The van der Waals surface area contributed by atoms with E-state index < -0.39 is 28.3 Å². The number of methoxy groups -OCH3 is 1. The van der Waals surface area contributed by atoms with Gasteiger partial charge in [0.25, 0.3) is 10.0 Å². The third-order valence-electron chi connectivity index (χ3n) is 4.27. The van der Waals surface area contributed by atoms with Gasteiger partial charge >= 0.3 is 0 Å². The fraction of sp³-hybridized carbons (Fsp3) is 0.0952. The maximum absolute atomic E-state index is 13.4. The molecule has 0 atom stereocenters. The second-order valence-corrected chi connectivity index (χ2v) is 8.96. The summed E-state index contributed by atoms with van der Waals surface area (Å²) in [6.45, 7) is -0.581. The Morgan fingerprint density at radius 1 is 1.03 bits per heavy atom. The van der Waals surface area contributed by atoms with E-state index in [0.29, 0.717) is 5.75 Å². The lowest BCUT2D eigenvalue weighted by molar-refractivity contribution is -0.114. The summed E-state index contributed by atoms with van der Waals surface area (Å²) < 4.78 is 45.9. The van der Waals surface area contributed by atoms with Crippen LogP contribution in [-0.4, -0.2) is 28.0 Å². The van der Waals surface area contributed by atoms with Crippen LogP contribution in [0.5, 0.6) is 5.75 Å². The van der Waals surface area contributed by atoms with Crippen molar-refractivity contribution < 1.29 is 22.3 Å². The molecule has 31 heavy (non-hydrogen) atoms. The highest BCUT2D eigenvalue weighted by molar-refractivity contribution is 7.92. The molecule has 0 aliphatic heterocycles. The first-order valence-corrected chi connectivity index (χ1v) is 11.1. The van der Waals surface area contributed by atoms with Gasteiger partial charge in [0.1, 0.15) is 18.1 Å². The monoisotopic (exact) mass is 482 g/mol. The molecule has 0 fully saturated rings. The zero-order valence-electron chi connectivity index (χ0n) is 16.2. The predicted molar refractivity (Wildman–Crippen MR) is 119 cm³/mol.